The van der Waals surface area contributed by atoms with Gasteiger partial charge in [-0.25, -0.2) is 9.71 Å². The Bertz CT molecular complexity index is 1320. The van der Waals surface area contributed by atoms with Crippen LogP contribution in [-0.2, 0) is 23.3 Å². The molecule has 7 nitrogen and oxygen atoms in total. The third kappa shape index (κ3) is 5.07. The molecule has 2 amide bonds. The van der Waals surface area contributed by atoms with Crippen LogP contribution < -0.4 is 9.46 Å². The summed E-state index contributed by atoms with van der Waals surface area (Å²) in [7, 11) is 0. The van der Waals surface area contributed by atoms with Crippen LogP contribution >= 0.6 is 11.6 Å². The van der Waals surface area contributed by atoms with Crippen molar-refractivity contribution in [2.24, 2.45) is 0 Å². The number of carbonyl (C=O) groups excluding carboxylic acids is 2. The molecule has 1 atom stereocenters. The first kappa shape index (κ1) is 26.0. The Kier molecular flexibility index (Phi) is 7.31. The molecule has 1 aliphatic heterocycles. The minimum absolute atomic E-state index is 0.0257. The molecule has 0 radical (unpaired) electrons. The molecule has 0 fully saturated rings. The molecule has 0 aliphatic carbocycles. The van der Waals surface area contributed by atoms with Gasteiger partial charge in [-0.2, -0.15) is 0 Å². The van der Waals surface area contributed by atoms with E-state index in [-0.39, 0.29) is 33.8 Å². The third-order valence-electron chi connectivity index (χ3n) is 5.90. The predicted molar refractivity (Wildman–Crippen MR) is 141 cm³/mol. The zero-order valence-electron chi connectivity index (χ0n) is 20.8. The van der Waals surface area contributed by atoms with Gasteiger partial charge in [-0.15, -0.1) is 0 Å². The molecule has 9 heteroatoms. The van der Waals surface area contributed by atoms with Crippen LogP contribution in [0.2, 0.25) is 5.02 Å². The summed E-state index contributed by atoms with van der Waals surface area (Å²) >= 11 is 4.69. The largest absolute Gasteiger partial charge is 0.588 e. The molecule has 0 spiro atoms. The van der Waals surface area contributed by atoms with Gasteiger partial charge in [0.1, 0.15) is 11.4 Å². The molecule has 0 saturated carbocycles. The Hall–Kier alpha value is -3.07. The molecule has 188 valence electrons. The molecule has 3 aromatic rings. The average molecular weight is 526 g/mol. The molecular weight excluding hydrogens is 498 g/mol. The van der Waals surface area contributed by atoms with Gasteiger partial charge in [-0.05, 0) is 55.2 Å². The quantitative estimate of drug-likeness (QED) is 0.315. The average Bonchev–Trinajstić information content (AvgIpc) is 3.08. The fourth-order valence-corrected chi connectivity index (χ4v) is 5.06. The van der Waals surface area contributed by atoms with Gasteiger partial charge in [0.05, 0.1) is 35.0 Å². The molecule has 0 saturated heterocycles. The van der Waals surface area contributed by atoms with Crippen molar-refractivity contribution in [3.05, 3.63) is 81.5 Å². The van der Waals surface area contributed by atoms with Crippen LogP contribution in [0.1, 0.15) is 65.2 Å². The lowest BCUT2D eigenvalue weighted by molar-refractivity contribution is 0.0641. The molecule has 2 aromatic carbocycles. The van der Waals surface area contributed by atoms with E-state index in [1.54, 1.807) is 30.3 Å². The Morgan fingerprint density at radius 2 is 1.69 bits per heavy atom. The SMILES string of the molecule is CCOc1nc(C)ccc1CN1C(=O)c2c(Cl)ccc(N[S+]([O-])c3ccc(C(C)(C)C)cc3)c2C1=O. The van der Waals surface area contributed by atoms with Crippen molar-refractivity contribution in [1.29, 1.82) is 0 Å². The number of hydrogen-bond acceptors (Lipinski definition) is 6. The van der Waals surface area contributed by atoms with Crippen molar-refractivity contribution >= 4 is 40.5 Å². The number of hydrogen-bond donors (Lipinski definition) is 1. The lowest BCUT2D eigenvalue weighted by Crippen LogP contribution is -2.29. The molecule has 4 rings (SSSR count). The summed E-state index contributed by atoms with van der Waals surface area (Å²) in [5, 5.41) is 0.156. The van der Waals surface area contributed by atoms with E-state index in [0.717, 1.165) is 16.2 Å². The Morgan fingerprint density at radius 3 is 2.33 bits per heavy atom. The smallest absolute Gasteiger partial charge is 0.264 e. The van der Waals surface area contributed by atoms with Crippen LogP contribution in [-0.4, -0.2) is 32.9 Å². The van der Waals surface area contributed by atoms with E-state index in [4.69, 9.17) is 16.3 Å². The molecule has 1 N–H and O–H groups in total. The number of nitrogens with zero attached hydrogens (tertiary/aromatic N) is 2. The van der Waals surface area contributed by atoms with Crippen LogP contribution in [0.15, 0.2) is 53.4 Å². The second-order valence-corrected chi connectivity index (χ2v) is 11.2. The number of aryl methyl sites for hydroxylation is 1. The summed E-state index contributed by atoms with van der Waals surface area (Å²) in [4.78, 5) is 32.7. The lowest BCUT2D eigenvalue weighted by Gasteiger charge is -2.19. The van der Waals surface area contributed by atoms with Crippen molar-refractivity contribution in [1.82, 2.24) is 9.88 Å². The summed E-state index contributed by atoms with van der Waals surface area (Å²) in [6, 6.07) is 14.1. The van der Waals surface area contributed by atoms with E-state index in [0.29, 0.717) is 22.9 Å². The van der Waals surface area contributed by atoms with Gasteiger partial charge in [-0.1, -0.05) is 50.6 Å². The molecule has 0 bridgehead atoms. The van der Waals surface area contributed by atoms with Crippen molar-refractivity contribution in [2.75, 3.05) is 11.3 Å². The van der Waals surface area contributed by atoms with Gasteiger partial charge >= 0.3 is 0 Å². The lowest BCUT2D eigenvalue weighted by atomic mass is 9.87. The van der Waals surface area contributed by atoms with Crippen LogP contribution in [0.3, 0.4) is 0 Å². The minimum atomic E-state index is -1.66. The number of aromatic nitrogens is 1. The van der Waals surface area contributed by atoms with Crippen LogP contribution in [0.25, 0.3) is 0 Å². The van der Waals surface area contributed by atoms with E-state index in [9.17, 15) is 14.1 Å². The fraction of sp³-hybridized carbons (Fsp3) is 0.296. The summed E-state index contributed by atoms with van der Waals surface area (Å²) < 4.78 is 21.6. The molecule has 1 aliphatic rings. The standard InChI is InChI=1S/C27H28ClN3O4S/c1-6-35-24-17(8-7-16(2)29-24)15-31-25(32)22-20(28)13-14-21(23(22)26(31)33)30-36(34)19-11-9-18(10-12-19)27(3,4)5/h7-14,30H,6,15H2,1-5H3. The number of anilines is 1. The number of halogens is 1. The molecule has 2 heterocycles. The van der Waals surface area contributed by atoms with Crippen LogP contribution in [0.4, 0.5) is 5.69 Å². The number of amides is 2. The monoisotopic (exact) mass is 525 g/mol. The van der Waals surface area contributed by atoms with Gasteiger partial charge in [-0.3, -0.25) is 14.5 Å². The van der Waals surface area contributed by atoms with Gasteiger partial charge in [0.15, 0.2) is 4.90 Å². The van der Waals surface area contributed by atoms with E-state index in [2.05, 4.69) is 30.5 Å². The summed E-state index contributed by atoms with van der Waals surface area (Å²) in [6.45, 7) is 10.4. The zero-order valence-corrected chi connectivity index (χ0v) is 22.4. The molecule has 1 aromatic heterocycles. The molecule has 36 heavy (non-hydrogen) atoms. The first-order chi connectivity index (χ1) is 17.0. The number of benzene rings is 2. The van der Waals surface area contributed by atoms with Gasteiger partial charge in [0, 0.05) is 11.3 Å². The topological polar surface area (TPSA) is 94.6 Å². The van der Waals surface area contributed by atoms with Crippen molar-refractivity contribution < 1.29 is 18.9 Å². The van der Waals surface area contributed by atoms with Crippen molar-refractivity contribution in [3.8, 4) is 5.88 Å². The maximum atomic E-state index is 13.4. The highest BCUT2D eigenvalue weighted by Gasteiger charge is 2.40. The maximum absolute atomic E-state index is 13.4. The second-order valence-electron chi connectivity index (χ2n) is 9.54. The summed E-state index contributed by atoms with van der Waals surface area (Å²) in [5.74, 6) is -0.673. The molecular formula is C27H28ClN3O4S. The van der Waals surface area contributed by atoms with Crippen LogP contribution in [0.5, 0.6) is 5.88 Å². The van der Waals surface area contributed by atoms with E-state index in [1.165, 1.54) is 6.07 Å². The van der Waals surface area contributed by atoms with Crippen molar-refractivity contribution in [3.63, 3.8) is 0 Å². The zero-order chi connectivity index (χ0) is 26.2. The Labute approximate surface area is 219 Å². The predicted octanol–water partition coefficient (Wildman–Crippen LogP) is 5.67. The van der Waals surface area contributed by atoms with Gasteiger partial charge in [0.25, 0.3) is 11.8 Å². The minimum Gasteiger partial charge on any atom is -0.588 e. The van der Waals surface area contributed by atoms with Gasteiger partial charge < -0.3 is 9.29 Å². The fourth-order valence-electron chi connectivity index (χ4n) is 3.95. The summed E-state index contributed by atoms with van der Waals surface area (Å²) in [6.07, 6.45) is 0. The van der Waals surface area contributed by atoms with E-state index in [1.807, 2.05) is 26.0 Å². The number of rotatable bonds is 7. The Balaban J connectivity index is 1.62. The third-order valence-corrected chi connectivity index (χ3v) is 7.32. The highest BCUT2D eigenvalue weighted by atomic mass is 35.5. The van der Waals surface area contributed by atoms with Gasteiger partial charge in [0.2, 0.25) is 5.88 Å². The van der Waals surface area contributed by atoms with Crippen molar-refractivity contribution in [2.45, 2.75) is 51.5 Å². The highest BCUT2D eigenvalue weighted by molar-refractivity contribution is 7.92. The first-order valence-corrected chi connectivity index (χ1v) is 13.1. The van der Waals surface area contributed by atoms with E-state index >= 15 is 0 Å². The maximum Gasteiger partial charge on any atom is 0.264 e. The Morgan fingerprint density at radius 1 is 1.03 bits per heavy atom. The van der Waals surface area contributed by atoms with Crippen LogP contribution in [0, 0.1) is 6.92 Å². The number of pyridine rings is 1. The number of fused-ring (bicyclic) bond motifs is 1. The number of ether oxygens (including phenoxy) is 1. The number of nitrogens with one attached hydrogen (secondary N) is 1. The first-order valence-electron chi connectivity index (χ1n) is 11.6. The molecule has 1 unspecified atom stereocenters. The summed E-state index contributed by atoms with van der Waals surface area (Å²) in [5.41, 5.74) is 2.91. The normalized spacial score (nSPS) is 14.1. The van der Waals surface area contributed by atoms with E-state index < -0.39 is 23.2 Å². The highest BCUT2D eigenvalue weighted by Crippen LogP contribution is 2.37. The number of imide groups is 1. The second kappa shape index (κ2) is 10.1. The number of carbonyl (C=O) groups is 2.